The lowest BCUT2D eigenvalue weighted by Gasteiger charge is -2.28. The highest BCUT2D eigenvalue weighted by Gasteiger charge is 2.16. The number of hydrogen-bond donors (Lipinski definition) is 1. The second-order valence-corrected chi connectivity index (χ2v) is 14.2. The first kappa shape index (κ1) is 37.2. The second kappa shape index (κ2) is 20.0. The molecule has 0 spiro atoms. The molecule has 9 heteroatoms. The monoisotopic (exact) mass is 696 g/mol. The second-order valence-electron chi connectivity index (χ2n) is 12.8. The predicted octanol–water partition coefficient (Wildman–Crippen LogP) is 8.89. The third kappa shape index (κ3) is 11.2. The normalized spacial score (nSPS) is 14.3. The molecular weight excluding hydrogens is 645 g/mol. The summed E-state index contributed by atoms with van der Waals surface area (Å²) in [6.07, 6.45) is 16.4. The molecule has 5 rings (SSSR count). The van der Waals surface area contributed by atoms with Gasteiger partial charge < -0.3 is 28.8 Å². The van der Waals surface area contributed by atoms with Gasteiger partial charge in [0.25, 0.3) is 0 Å². The van der Waals surface area contributed by atoms with Crippen molar-refractivity contribution < 1.29 is 18.8 Å². The number of rotatable bonds is 17. The van der Waals surface area contributed by atoms with Crippen molar-refractivity contribution in [3.8, 4) is 16.9 Å². The third-order valence-corrected chi connectivity index (χ3v) is 10.2. The highest BCUT2D eigenvalue weighted by atomic mass is 32.2. The summed E-state index contributed by atoms with van der Waals surface area (Å²) in [5, 5.41) is 2.98. The van der Waals surface area contributed by atoms with Crippen LogP contribution < -0.4 is 15.0 Å². The van der Waals surface area contributed by atoms with E-state index in [1.165, 1.54) is 32.1 Å². The lowest BCUT2D eigenvalue weighted by molar-refractivity contribution is -0.111. The van der Waals surface area contributed by atoms with Gasteiger partial charge in [-0.15, -0.1) is 0 Å². The van der Waals surface area contributed by atoms with Crippen LogP contribution in [0.4, 0.5) is 11.4 Å². The third-order valence-electron chi connectivity index (χ3n) is 8.89. The maximum Gasteiger partial charge on any atom is 0.248 e. The first-order chi connectivity index (χ1) is 24.5. The van der Waals surface area contributed by atoms with Crippen molar-refractivity contribution >= 4 is 34.5 Å². The number of benzene rings is 3. The van der Waals surface area contributed by atoms with Crippen LogP contribution in [0, 0.1) is 0 Å². The maximum atomic E-state index is 13.2. The van der Waals surface area contributed by atoms with E-state index in [4.69, 9.17) is 9.47 Å². The van der Waals surface area contributed by atoms with Crippen LogP contribution in [0.25, 0.3) is 17.2 Å². The van der Waals surface area contributed by atoms with Crippen molar-refractivity contribution in [3.63, 3.8) is 0 Å². The van der Waals surface area contributed by atoms with Crippen LogP contribution in [0.15, 0.2) is 90.2 Å². The number of nitrogens with zero attached hydrogens (tertiary/aromatic N) is 3. The fourth-order valence-corrected chi connectivity index (χ4v) is 7.24. The summed E-state index contributed by atoms with van der Waals surface area (Å²) in [6, 6.07) is 21.9. The van der Waals surface area contributed by atoms with E-state index >= 15 is 0 Å². The average molecular weight is 697 g/mol. The molecule has 50 heavy (non-hydrogen) atoms. The average Bonchev–Trinajstić information content (AvgIpc) is 3.55. The zero-order valence-corrected chi connectivity index (χ0v) is 30.5. The number of unbranched alkanes of at least 4 members (excludes halogenated alkanes) is 1. The van der Waals surface area contributed by atoms with Crippen molar-refractivity contribution in [2.45, 2.75) is 82.4 Å². The van der Waals surface area contributed by atoms with Gasteiger partial charge in [-0.3, -0.25) is 4.79 Å². The summed E-state index contributed by atoms with van der Waals surface area (Å²) in [5.41, 5.74) is 5.94. The molecule has 1 fully saturated rings. The number of aromatic nitrogens is 2. The van der Waals surface area contributed by atoms with Crippen molar-refractivity contribution in [3.05, 3.63) is 96.6 Å². The van der Waals surface area contributed by atoms with Crippen molar-refractivity contribution in [2.24, 2.45) is 0 Å². The standard InChI is InChI=1S/C41H52N4O4S/c1-3-5-26-48-27-28-49-38-17-11-33(12-18-38)34-13-21-40(44-24-9-7-6-8-10-25-44)35(29-34)14-22-41(46)43-36-15-19-39(20-16-36)50(47)31-37-30-42-32-45(37)23-4-2/h11-22,29-30,32H,3-10,23-28,31H2,1-2H3,(H,43,46)/b22-14+/t50-/m0/s1. The molecule has 0 bridgehead atoms. The Morgan fingerprint density at radius 1 is 0.900 bits per heavy atom. The first-order valence-electron chi connectivity index (χ1n) is 18.2. The van der Waals surface area contributed by atoms with Gasteiger partial charge in [-0.05, 0) is 108 Å². The first-order valence-corrected chi connectivity index (χ1v) is 19.5. The molecule has 8 nitrogen and oxygen atoms in total. The minimum atomic E-state index is -1.21. The van der Waals surface area contributed by atoms with Crippen LogP contribution in [0.2, 0.25) is 0 Å². The number of nitrogens with one attached hydrogen (secondary N) is 1. The molecule has 1 atom stereocenters. The van der Waals surface area contributed by atoms with Crippen LogP contribution in [0.1, 0.15) is 76.5 Å². The van der Waals surface area contributed by atoms with Gasteiger partial charge in [0.15, 0.2) is 10.6 Å². The molecule has 3 aromatic carbocycles. The fraction of sp³-hybridized carbons (Fsp3) is 0.415. The van der Waals surface area contributed by atoms with E-state index < -0.39 is 11.2 Å². The molecule has 1 saturated heterocycles. The topological polar surface area (TPSA) is 91.7 Å². The van der Waals surface area contributed by atoms with Crippen molar-refractivity contribution in [2.75, 3.05) is 43.1 Å². The molecule has 1 N–H and O–H groups in total. The van der Waals surface area contributed by atoms with E-state index in [1.54, 1.807) is 30.7 Å². The Morgan fingerprint density at radius 2 is 1.64 bits per heavy atom. The predicted molar refractivity (Wildman–Crippen MR) is 205 cm³/mol. The smallest absolute Gasteiger partial charge is 0.248 e. The SMILES string of the molecule is CCCCOCCOc1ccc(-c2ccc(N3CCCCCCC3)c(/C=C/C(=O)Nc3ccc([S@@+]([O-])Cc4cncn4CCC)cc3)c2)cc1. The largest absolute Gasteiger partial charge is 0.611 e. The Bertz CT molecular complexity index is 1630. The molecule has 0 unspecified atom stereocenters. The van der Waals surface area contributed by atoms with Crippen molar-refractivity contribution in [1.29, 1.82) is 0 Å². The molecule has 1 aromatic heterocycles. The van der Waals surface area contributed by atoms with Crippen LogP contribution in [0.5, 0.6) is 5.75 Å². The summed E-state index contributed by atoms with van der Waals surface area (Å²) in [5.74, 6) is 1.01. The Hall–Kier alpha value is -4.05. The van der Waals surface area contributed by atoms with Gasteiger partial charge in [0.2, 0.25) is 5.91 Å². The van der Waals surface area contributed by atoms with Gasteiger partial charge >= 0.3 is 0 Å². The zero-order chi connectivity index (χ0) is 35.0. The molecule has 1 aliphatic rings. The maximum absolute atomic E-state index is 13.2. The van der Waals surface area contributed by atoms with Gasteiger partial charge in [-0.1, -0.05) is 57.7 Å². The van der Waals surface area contributed by atoms with Crippen LogP contribution in [-0.2, 0) is 33.0 Å². The molecule has 1 aliphatic heterocycles. The number of amides is 1. The van der Waals surface area contributed by atoms with Gasteiger partial charge in [0, 0.05) is 43.7 Å². The summed E-state index contributed by atoms with van der Waals surface area (Å²) in [4.78, 5) is 20.6. The van der Waals surface area contributed by atoms with Crippen LogP contribution in [0.3, 0.4) is 0 Å². The van der Waals surface area contributed by atoms with E-state index in [9.17, 15) is 9.35 Å². The lowest BCUT2D eigenvalue weighted by atomic mass is 9.99. The van der Waals surface area contributed by atoms with Gasteiger partial charge in [-0.25, -0.2) is 4.98 Å². The number of hydrogen-bond acceptors (Lipinski definition) is 6. The van der Waals surface area contributed by atoms with Crippen LogP contribution >= 0.6 is 0 Å². The highest BCUT2D eigenvalue weighted by molar-refractivity contribution is 7.90. The lowest BCUT2D eigenvalue weighted by Crippen LogP contribution is -2.27. The van der Waals surface area contributed by atoms with E-state index in [-0.39, 0.29) is 5.91 Å². The summed E-state index contributed by atoms with van der Waals surface area (Å²) in [6.45, 7) is 9.03. The number of carbonyl (C=O) groups is 1. The van der Waals surface area contributed by atoms with Gasteiger partial charge in [-0.2, -0.15) is 0 Å². The summed E-state index contributed by atoms with van der Waals surface area (Å²) >= 11 is -1.21. The molecule has 266 valence electrons. The number of imidazole rings is 1. The molecule has 0 radical (unpaired) electrons. The quantitative estimate of drug-likeness (QED) is 0.0674. The Kier molecular flexibility index (Phi) is 14.9. The number of ether oxygens (including phenoxy) is 2. The minimum Gasteiger partial charge on any atom is -0.611 e. The molecule has 1 amide bonds. The molecule has 0 saturated carbocycles. The van der Waals surface area contributed by atoms with E-state index in [0.29, 0.717) is 29.5 Å². The Morgan fingerprint density at radius 3 is 2.38 bits per heavy atom. The summed E-state index contributed by atoms with van der Waals surface area (Å²) in [7, 11) is 0. The van der Waals surface area contributed by atoms with Crippen molar-refractivity contribution in [1.82, 2.24) is 9.55 Å². The van der Waals surface area contributed by atoms with E-state index in [0.717, 1.165) is 79.3 Å². The van der Waals surface area contributed by atoms with E-state index in [2.05, 4.69) is 59.4 Å². The Balaban J connectivity index is 1.25. The number of carbonyl (C=O) groups excluding carboxylic acids is 1. The minimum absolute atomic E-state index is 0.216. The molecule has 0 aliphatic carbocycles. The van der Waals surface area contributed by atoms with E-state index in [1.807, 2.05) is 34.9 Å². The summed E-state index contributed by atoms with van der Waals surface area (Å²) < 4.78 is 26.6. The van der Waals surface area contributed by atoms with Crippen LogP contribution in [-0.4, -0.2) is 52.9 Å². The van der Waals surface area contributed by atoms with Gasteiger partial charge in [0.1, 0.15) is 12.4 Å². The number of anilines is 2. The Labute approximate surface area is 301 Å². The van der Waals surface area contributed by atoms with Gasteiger partial charge in [0.05, 0.1) is 24.8 Å². The highest BCUT2D eigenvalue weighted by Crippen LogP contribution is 2.31. The molecule has 4 aromatic rings. The zero-order valence-electron chi connectivity index (χ0n) is 29.6. The number of aryl methyl sites for hydroxylation is 1. The molecule has 2 heterocycles. The molecular formula is C41H52N4O4S. The fourth-order valence-electron chi connectivity index (χ4n) is 6.12.